The average molecular weight is 541 g/mol. The number of Topliss-reactive ketones (excluding diaryl/α,β-unsaturated/α-hetero) is 1. The van der Waals surface area contributed by atoms with E-state index in [1.807, 2.05) is 27.7 Å². The second kappa shape index (κ2) is 9.84. The number of piperidine rings is 1. The van der Waals surface area contributed by atoms with Crippen LogP contribution in [0.25, 0.3) is 0 Å². The van der Waals surface area contributed by atoms with Gasteiger partial charge in [-0.2, -0.15) is 0 Å². The Morgan fingerprint density at radius 1 is 0.944 bits per heavy atom. The molecule has 2 heterocycles. The van der Waals surface area contributed by atoms with Gasteiger partial charge in [0, 0.05) is 18.5 Å². The van der Waals surface area contributed by atoms with Gasteiger partial charge in [0.2, 0.25) is 5.91 Å². The summed E-state index contributed by atoms with van der Waals surface area (Å²) in [6, 6.07) is -0.188. The average Bonchev–Trinajstić information content (AvgIpc) is 2.62. The minimum atomic E-state index is -2.23. The minimum absolute atomic E-state index is 0.0119. The van der Waals surface area contributed by atoms with E-state index in [2.05, 4.69) is 72.3 Å². The van der Waals surface area contributed by atoms with Gasteiger partial charge in [-0.05, 0) is 57.3 Å². The lowest BCUT2D eigenvalue weighted by atomic mass is 9.74. The molecule has 7 nitrogen and oxygen atoms in total. The summed E-state index contributed by atoms with van der Waals surface area (Å²) in [6.45, 7) is 30.0. The third kappa shape index (κ3) is 6.09. The predicted octanol–water partition coefficient (Wildman–Crippen LogP) is 6.06. The third-order valence-corrected chi connectivity index (χ3v) is 18.9. The van der Waals surface area contributed by atoms with E-state index >= 15 is 0 Å². The van der Waals surface area contributed by atoms with Crippen molar-refractivity contribution in [2.24, 2.45) is 11.8 Å². The Kier molecular flexibility index (Phi) is 8.48. The summed E-state index contributed by atoms with van der Waals surface area (Å²) in [4.78, 5) is 41.5. The molecular formula is C27H52N2O5Si2. The molecule has 2 amide bonds. The van der Waals surface area contributed by atoms with Crippen molar-refractivity contribution in [3.05, 3.63) is 0 Å². The van der Waals surface area contributed by atoms with E-state index in [0.29, 0.717) is 13.0 Å². The van der Waals surface area contributed by atoms with Crippen LogP contribution < -0.4 is 0 Å². The van der Waals surface area contributed by atoms with Gasteiger partial charge in [0.25, 0.3) is 0 Å². The molecule has 4 atom stereocenters. The van der Waals surface area contributed by atoms with Gasteiger partial charge in [0.1, 0.15) is 5.60 Å². The van der Waals surface area contributed by atoms with Crippen molar-refractivity contribution < 1.29 is 23.5 Å². The van der Waals surface area contributed by atoms with Crippen molar-refractivity contribution in [3.8, 4) is 0 Å². The molecule has 0 spiro atoms. The van der Waals surface area contributed by atoms with Gasteiger partial charge >= 0.3 is 6.09 Å². The van der Waals surface area contributed by atoms with E-state index in [9.17, 15) is 14.4 Å². The van der Waals surface area contributed by atoms with E-state index < -0.39 is 28.2 Å². The lowest BCUT2D eigenvalue weighted by Crippen LogP contribution is -2.77. The zero-order chi connectivity index (χ0) is 28.2. The topological polar surface area (TPSA) is 76.2 Å². The Bertz CT molecular complexity index is 867. The molecule has 0 aromatic rings. The summed E-state index contributed by atoms with van der Waals surface area (Å²) in [7, 11) is -4.34. The quantitative estimate of drug-likeness (QED) is 0.313. The largest absolute Gasteiger partial charge is 0.444 e. The van der Waals surface area contributed by atoms with Crippen LogP contribution in [0.1, 0.15) is 75.7 Å². The van der Waals surface area contributed by atoms with Crippen LogP contribution in [-0.2, 0) is 18.8 Å². The Morgan fingerprint density at radius 2 is 1.47 bits per heavy atom. The van der Waals surface area contributed by atoms with Crippen molar-refractivity contribution in [3.63, 3.8) is 0 Å². The van der Waals surface area contributed by atoms with E-state index in [0.717, 1.165) is 0 Å². The molecule has 2 aliphatic rings. The number of ketones is 1. The van der Waals surface area contributed by atoms with Crippen molar-refractivity contribution in [1.29, 1.82) is 0 Å². The molecule has 36 heavy (non-hydrogen) atoms. The zero-order valence-corrected chi connectivity index (χ0v) is 27.4. The number of hydrogen-bond acceptors (Lipinski definition) is 5. The first kappa shape index (κ1) is 31.0. The zero-order valence-electron chi connectivity index (χ0n) is 25.4. The van der Waals surface area contributed by atoms with Crippen LogP contribution in [0, 0.1) is 11.8 Å². The normalized spacial score (nSPS) is 25.6. The monoisotopic (exact) mass is 540 g/mol. The molecule has 0 saturated carbocycles. The number of amides is 2. The Morgan fingerprint density at radius 3 is 1.89 bits per heavy atom. The van der Waals surface area contributed by atoms with Crippen LogP contribution in [0.4, 0.5) is 4.79 Å². The van der Waals surface area contributed by atoms with Gasteiger partial charge in [-0.3, -0.25) is 9.59 Å². The number of carbonyl (C=O) groups excluding carboxylic acids is 3. The van der Waals surface area contributed by atoms with Gasteiger partial charge in [0.05, 0.1) is 18.6 Å². The van der Waals surface area contributed by atoms with Crippen molar-refractivity contribution in [2.75, 3.05) is 13.1 Å². The molecule has 0 radical (unpaired) electrons. The molecule has 2 aliphatic heterocycles. The molecule has 208 valence electrons. The van der Waals surface area contributed by atoms with E-state index in [1.165, 1.54) is 4.90 Å². The lowest BCUT2D eigenvalue weighted by molar-refractivity contribution is -0.161. The maximum atomic E-state index is 13.8. The number of hydrogen-bond donors (Lipinski definition) is 0. The first-order chi connectivity index (χ1) is 15.9. The highest BCUT2D eigenvalue weighted by Crippen LogP contribution is 2.50. The summed E-state index contributed by atoms with van der Waals surface area (Å²) in [5.41, 5.74) is -0.613. The summed E-state index contributed by atoms with van der Waals surface area (Å²) in [5, 5.41) is -0.0209. The smallest absolute Gasteiger partial charge is 0.410 e. The maximum absolute atomic E-state index is 13.8. The Hall–Kier alpha value is -1.20. The van der Waals surface area contributed by atoms with E-state index in [4.69, 9.17) is 9.16 Å². The van der Waals surface area contributed by atoms with Crippen molar-refractivity contribution >= 4 is 34.3 Å². The number of ether oxygens (including phenoxy) is 1. The van der Waals surface area contributed by atoms with E-state index in [1.54, 1.807) is 0 Å². The fourth-order valence-corrected chi connectivity index (χ4v) is 8.79. The van der Waals surface area contributed by atoms with Crippen LogP contribution in [0.5, 0.6) is 0 Å². The molecule has 2 saturated heterocycles. The van der Waals surface area contributed by atoms with Crippen LogP contribution >= 0.6 is 0 Å². The van der Waals surface area contributed by atoms with Gasteiger partial charge < -0.3 is 18.6 Å². The van der Waals surface area contributed by atoms with Crippen LogP contribution in [0.3, 0.4) is 0 Å². The fourth-order valence-electron chi connectivity index (χ4n) is 4.85. The molecule has 0 unspecified atom stereocenters. The molecule has 0 aromatic carbocycles. The summed E-state index contributed by atoms with van der Waals surface area (Å²) in [5.74, 6) is -0.501. The molecule has 2 fully saturated rings. The van der Waals surface area contributed by atoms with E-state index in [-0.39, 0.29) is 52.3 Å². The Balaban J connectivity index is 2.36. The number of nitrogens with zero attached hydrogens (tertiary/aromatic N) is 2. The highest BCUT2D eigenvalue weighted by Gasteiger charge is 2.62. The highest BCUT2D eigenvalue weighted by molar-refractivity contribution is 6.80. The number of β-lactam (4-membered cyclic amide) rings is 1. The standard InChI is InChI=1S/C27H52N2O5Si2/c1-18(34-36(13,14)27(8,9)10)21-22(29(23(21)31)35(11,12)26(5,6)7)19-15-16-28(17-20(19)30)24(32)33-25(2,3)4/h18-19,21-22H,15-17H2,1-14H3/t18-,19+,21-,22-/m1/s1. The number of carbonyl (C=O) groups is 3. The second-order valence-electron chi connectivity index (χ2n) is 14.9. The first-order valence-corrected chi connectivity index (χ1v) is 19.3. The van der Waals surface area contributed by atoms with Crippen LogP contribution in [0.15, 0.2) is 0 Å². The second-order valence-corrected chi connectivity index (χ2v) is 24.7. The molecule has 2 rings (SSSR count). The molecule has 0 N–H and O–H groups in total. The van der Waals surface area contributed by atoms with Crippen LogP contribution in [-0.4, -0.2) is 74.6 Å². The van der Waals surface area contributed by atoms with Gasteiger partial charge in [0.15, 0.2) is 22.3 Å². The molecule has 9 heteroatoms. The summed E-state index contributed by atoms with van der Waals surface area (Å²) < 4.78 is 14.3. The molecule has 0 bridgehead atoms. The van der Waals surface area contributed by atoms with Crippen molar-refractivity contribution in [1.82, 2.24) is 9.47 Å². The summed E-state index contributed by atoms with van der Waals surface area (Å²) >= 11 is 0. The van der Waals surface area contributed by atoms with Gasteiger partial charge in [-0.25, -0.2) is 4.79 Å². The maximum Gasteiger partial charge on any atom is 0.410 e. The minimum Gasteiger partial charge on any atom is -0.444 e. The highest BCUT2D eigenvalue weighted by atomic mass is 28.4. The SMILES string of the molecule is C[C@@H](O[Si](C)(C)C(C)(C)C)[C@H]1C(=O)N([Si](C)(C)C(C)(C)C)[C@@H]1[C@H]1CCN(C(=O)OC(C)(C)C)CC1=O. The van der Waals surface area contributed by atoms with Crippen LogP contribution in [0.2, 0.25) is 36.3 Å². The van der Waals surface area contributed by atoms with Crippen molar-refractivity contribution in [2.45, 2.75) is 130 Å². The lowest BCUT2D eigenvalue weighted by Gasteiger charge is -2.62. The third-order valence-electron chi connectivity index (χ3n) is 8.95. The Labute approximate surface area is 221 Å². The first-order valence-electron chi connectivity index (χ1n) is 13.4. The number of rotatable bonds is 5. The fraction of sp³-hybridized carbons (Fsp3) is 0.889. The number of likely N-dealkylation sites (tertiary alicyclic amines) is 1. The summed E-state index contributed by atoms with van der Waals surface area (Å²) in [6.07, 6.45) is -0.183. The molecule has 0 aliphatic carbocycles. The van der Waals surface area contributed by atoms with Gasteiger partial charge in [-0.15, -0.1) is 0 Å². The molecular weight excluding hydrogens is 488 g/mol. The predicted molar refractivity (Wildman–Crippen MR) is 150 cm³/mol. The molecule has 0 aromatic heterocycles. The van der Waals surface area contributed by atoms with Gasteiger partial charge in [-0.1, -0.05) is 54.6 Å².